The zero-order chi connectivity index (χ0) is 15.0. The van der Waals surface area contributed by atoms with E-state index < -0.39 is 9.84 Å². The van der Waals surface area contributed by atoms with Crippen LogP contribution in [0.2, 0.25) is 0 Å². The van der Waals surface area contributed by atoms with Crippen LogP contribution >= 0.6 is 0 Å². The van der Waals surface area contributed by atoms with Crippen LogP contribution in [0.15, 0.2) is 23.1 Å². The molecule has 7 heteroatoms. The standard InChI is InChI=1S/C13H21NO5S/c1-18-12-5-4-11(10-13(12)19-2)20(16,17)9-7-14-6-3-8-15/h4-5,10,14-15H,3,6-9H2,1-2H3. The van der Waals surface area contributed by atoms with E-state index in [1.165, 1.54) is 26.4 Å². The summed E-state index contributed by atoms with van der Waals surface area (Å²) in [5, 5.41) is 11.6. The molecule has 0 atom stereocenters. The van der Waals surface area contributed by atoms with Crippen LogP contribution < -0.4 is 14.8 Å². The Morgan fingerprint density at radius 1 is 1.15 bits per heavy atom. The Kier molecular flexibility index (Phi) is 6.77. The van der Waals surface area contributed by atoms with E-state index in [0.717, 1.165) is 0 Å². The van der Waals surface area contributed by atoms with Crippen LogP contribution in [0.5, 0.6) is 11.5 Å². The van der Waals surface area contributed by atoms with Gasteiger partial charge in [-0.3, -0.25) is 0 Å². The van der Waals surface area contributed by atoms with Gasteiger partial charge in [0, 0.05) is 19.2 Å². The monoisotopic (exact) mass is 303 g/mol. The smallest absolute Gasteiger partial charge is 0.179 e. The van der Waals surface area contributed by atoms with Gasteiger partial charge in [-0.05, 0) is 25.1 Å². The summed E-state index contributed by atoms with van der Waals surface area (Å²) in [6.45, 7) is 1.03. The van der Waals surface area contributed by atoms with Gasteiger partial charge in [0.25, 0.3) is 0 Å². The molecule has 0 unspecified atom stereocenters. The zero-order valence-corrected chi connectivity index (χ0v) is 12.6. The molecule has 0 aliphatic carbocycles. The second-order valence-corrected chi connectivity index (χ2v) is 6.27. The highest BCUT2D eigenvalue weighted by atomic mass is 32.2. The van der Waals surface area contributed by atoms with E-state index in [0.29, 0.717) is 31.0 Å². The summed E-state index contributed by atoms with van der Waals surface area (Å²) in [5.41, 5.74) is 0. The number of methoxy groups -OCH3 is 2. The van der Waals surface area contributed by atoms with Gasteiger partial charge in [-0.25, -0.2) is 8.42 Å². The second-order valence-electron chi connectivity index (χ2n) is 4.16. The topological polar surface area (TPSA) is 84.9 Å². The molecule has 0 heterocycles. The summed E-state index contributed by atoms with van der Waals surface area (Å²) in [6.07, 6.45) is 0.608. The fourth-order valence-corrected chi connectivity index (χ4v) is 2.87. The SMILES string of the molecule is COc1ccc(S(=O)(=O)CCNCCCO)cc1OC. The van der Waals surface area contributed by atoms with Crippen LogP contribution in [0, 0.1) is 0 Å². The molecule has 0 spiro atoms. The van der Waals surface area contributed by atoms with Crippen molar-refractivity contribution in [2.24, 2.45) is 0 Å². The lowest BCUT2D eigenvalue weighted by Crippen LogP contribution is -2.24. The number of hydrogen-bond donors (Lipinski definition) is 2. The maximum Gasteiger partial charge on any atom is 0.179 e. The largest absolute Gasteiger partial charge is 0.493 e. The van der Waals surface area contributed by atoms with Crippen LogP contribution in [-0.2, 0) is 9.84 Å². The predicted octanol–water partition coefficient (Wildman–Crippen LogP) is 0.450. The number of sulfone groups is 1. The van der Waals surface area contributed by atoms with Crippen molar-refractivity contribution in [3.8, 4) is 11.5 Å². The van der Waals surface area contributed by atoms with E-state index in [-0.39, 0.29) is 17.3 Å². The van der Waals surface area contributed by atoms with Crippen molar-refractivity contribution in [1.29, 1.82) is 0 Å². The maximum absolute atomic E-state index is 12.1. The van der Waals surface area contributed by atoms with Crippen molar-refractivity contribution in [2.45, 2.75) is 11.3 Å². The molecule has 0 saturated carbocycles. The third-order valence-electron chi connectivity index (χ3n) is 2.77. The number of ether oxygens (including phenoxy) is 2. The molecule has 0 aromatic heterocycles. The molecule has 0 radical (unpaired) electrons. The number of aliphatic hydroxyl groups excluding tert-OH is 1. The first-order valence-corrected chi connectivity index (χ1v) is 7.96. The van der Waals surface area contributed by atoms with Crippen LogP contribution in [0.3, 0.4) is 0 Å². The minimum absolute atomic E-state index is 0.00604. The summed E-state index contributed by atoms with van der Waals surface area (Å²) in [5.74, 6) is 0.878. The number of aliphatic hydroxyl groups is 1. The van der Waals surface area contributed by atoms with Crippen molar-refractivity contribution in [3.63, 3.8) is 0 Å². The van der Waals surface area contributed by atoms with Crippen molar-refractivity contribution < 1.29 is 23.0 Å². The van der Waals surface area contributed by atoms with Crippen molar-refractivity contribution in [2.75, 3.05) is 39.7 Å². The lowest BCUT2D eigenvalue weighted by atomic mass is 10.3. The van der Waals surface area contributed by atoms with Crippen LogP contribution in [0.25, 0.3) is 0 Å². The van der Waals surface area contributed by atoms with Gasteiger partial charge in [0.05, 0.1) is 24.9 Å². The van der Waals surface area contributed by atoms with Gasteiger partial charge in [0.2, 0.25) is 0 Å². The molecule has 0 fully saturated rings. The molecular weight excluding hydrogens is 282 g/mol. The molecule has 6 nitrogen and oxygen atoms in total. The van der Waals surface area contributed by atoms with Crippen LogP contribution in [-0.4, -0.2) is 53.2 Å². The molecule has 0 amide bonds. The van der Waals surface area contributed by atoms with E-state index in [1.54, 1.807) is 6.07 Å². The first-order valence-electron chi connectivity index (χ1n) is 6.31. The first kappa shape index (κ1) is 16.7. The Morgan fingerprint density at radius 3 is 2.45 bits per heavy atom. The highest BCUT2D eigenvalue weighted by Gasteiger charge is 2.16. The summed E-state index contributed by atoms with van der Waals surface area (Å²) >= 11 is 0. The summed E-state index contributed by atoms with van der Waals surface area (Å²) in [4.78, 5) is 0.208. The fraction of sp³-hybridized carbons (Fsp3) is 0.538. The molecule has 0 aliphatic rings. The van der Waals surface area contributed by atoms with E-state index in [1.807, 2.05) is 0 Å². The molecule has 1 aromatic rings. The molecular formula is C13H21NO5S. The highest BCUT2D eigenvalue weighted by molar-refractivity contribution is 7.91. The quantitative estimate of drug-likeness (QED) is 0.644. The maximum atomic E-state index is 12.1. The number of rotatable bonds is 9. The minimum atomic E-state index is -3.37. The van der Waals surface area contributed by atoms with Gasteiger partial charge in [-0.1, -0.05) is 0 Å². The molecule has 0 saturated heterocycles. The van der Waals surface area contributed by atoms with Crippen LogP contribution in [0.4, 0.5) is 0 Å². The Bertz CT molecular complexity index is 515. The number of hydrogen-bond acceptors (Lipinski definition) is 6. The molecule has 0 bridgehead atoms. The second kappa shape index (κ2) is 8.08. The van der Waals surface area contributed by atoms with Gasteiger partial charge >= 0.3 is 0 Å². The number of benzene rings is 1. The third-order valence-corrected chi connectivity index (χ3v) is 4.49. The van der Waals surface area contributed by atoms with Gasteiger partial charge < -0.3 is 19.9 Å². The van der Waals surface area contributed by atoms with Crippen molar-refractivity contribution >= 4 is 9.84 Å². The highest BCUT2D eigenvalue weighted by Crippen LogP contribution is 2.29. The summed E-state index contributed by atoms with van der Waals surface area (Å²) in [6, 6.07) is 4.54. The Morgan fingerprint density at radius 2 is 1.85 bits per heavy atom. The van der Waals surface area contributed by atoms with E-state index in [4.69, 9.17) is 14.6 Å². The Hall–Kier alpha value is -1.31. The van der Waals surface area contributed by atoms with E-state index in [2.05, 4.69) is 5.32 Å². The normalized spacial score (nSPS) is 11.3. The lowest BCUT2D eigenvalue weighted by Gasteiger charge is -2.10. The van der Waals surface area contributed by atoms with Crippen LogP contribution in [0.1, 0.15) is 6.42 Å². The first-order chi connectivity index (χ1) is 9.55. The average molecular weight is 303 g/mol. The Balaban J connectivity index is 2.72. The van der Waals surface area contributed by atoms with Gasteiger partial charge in [-0.2, -0.15) is 0 Å². The summed E-state index contributed by atoms with van der Waals surface area (Å²) in [7, 11) is -0.405. The predicted molar refractivity (Wildman–Crippen MR) is 76.2 cm³/mol. The Labute approximate surface area is 119 Å². The van der Waals surface area contributed by atoms with Crippen molar-refractivity contribution in [1.82, 2.24) is 5.32 Å². The third kappa shape index (κ3) is 4.66. The molecule has 1 aromatic carbocycles. The van der Waals surface area contributed by atoms with Crippen molar-refractivity contribution in [3.05, 3.63) is 18.2 Å². The minimum Gasteiger partial charge on any atom is -0.493 e. The molecule has 0 aliphatic heterocycles. The van der Waals surface area contributed by atoms with Gasteiger partial charge in [0.1, 0.15) is 0 Å². The molecule has 2 N–H and O–H groups in total. The fourth-order valence-electron chi connectivity index (χ4n) is 1.66. The van der Waals surface area contributed by atoms with E-state index in [9.17, 15) is 8.42 Å². The van der Waals surface area contributed by atoms with E-state index >= 15 is 0 Å². The van der Waals surface area contributed by atoms with Gasteiger partial charge in [-0.15, -0.1) is 0 Å². The molecule has 20 heavy (non-hydrogen) atoms. The number of nitrogens with one attached hydrogen (secondary N) is 1. The summed E-state index contributed by atoms with van der Waals surface area (Å²) < 4.78 is 34.5. The lowest BCUT2D eigenvalue weighted by molar-refractivity contribution is 0.286. The zero-order valence-electron chi connectivity index (χ0n) is 11.8. The average Bonchev–Trinajstić information content (AvgIpc) is 2.46. The van der Waals surface area contributed by atoms with Gasteiger partial charge in [0.15, 0.2) is 21.3 Å². The molecule has 1 rings (SSSR count). The molecule has 114 valence electrons.